The summed E-state index contributed by atoms with van der Waals surface area (Å²) in [6.07, 6.45) is 3.56. The van der Waals surface area contributed by atoms with Crippen LogP contribution >= 0.6 is 22.9 Å². The van der Waals surface area contributed by atoms with E-state index in [1.165, 1.54) is 11.3 Å². The van der Waals surface area contributed by atoms with E-state index in [4.69, 9.17) is 11.6 Å². The van der Waals surface area contributed by atoms with E-state index in [1.807, 2.05) is 62.5 Å². The van der Waals surface area contributed by atoms with Crippen molar-refractivity contribution in [2.45, 2.75) is 19.9 Å². The van der Waals surface area contributed by atoms with Crippen LogP contribution in [0.1, 0.15) is 29.8 Å². The van der Waals surface area contributed by atoms with Crippen LogP contribution in [0.15, 0.2) is 81.9 Å². The molecule has 0 saturated carbocycles. The number of nitrogens with one attached hydrogen (secondary N) is 1. The smallest absolute Gasteiger partial charge is 0.271 e. The van der Waals surface area contributed by atoms with Crippen LogP contribution in [0.4, 0.5) is 5.69 Å². The molecule has 0 unspecified atom stereocenters. The van der Waals surface area contributed by atoms with Gasteiger partial charge >= 0.3 is 0 Å². The van der Waals surface area contributed by atoms with Gasteiger partial charge in [0.1, 0.15) is 0 Å². The summed E-state index contributed by atoms with van der Waals surface area (Å²) in [5.74, 6) is -0.310. The predicted octanol–water partition coefficient (Wildman–Crippen LogP) is 3.57. The van der Waals surface area contributed by atoms with Crippen molar-refractivity contribution in [2.24, 2.45) is 12.0 Å². The lowest BCUT2D eigenvalue weighted by Gasteiger charge is -2.25. The lowest BCUT2D eigenvalue weighted by atomic mass is 9.95. The Kier molecular flexibility index (Phi) is 6.00. The van der Waals surface area contributed by atoms with Gasteiger partial charge in [0.05, 0.1) is 28.0 Å². The van der Waals surface area contributed by atoms with Crippen molar-refractivity contribution in [3.63, 3.8) is 0 Å². The first-order chi connectivity index (χ1) is 16.8. The zero-order valence-electron chi connectivity index (χ0n) is 19.3. The van der Waals surface area contributed by atoms with E-state index in [0.29, 0.717) is 31.3 Å². The highest BCUT2D eigenvalue weighted by Crippen LogP contribution is 2.31. The highest BCUT2D eigenvalue weighted by Gasteiger charge is 2.32. The topological polar surface area (TPSA) is 81.3 Å². The third kappa shape index (κ3) is 4.26. The second-order valence-corrected chi connectivity index (χ2v) is 9.71. The summed E-state index contributed by atoms with van der Waals surface area (Å²) in [5, 5.41) is 7.79. The molecule has 5 rings (SSSR count). The molecule has 2 aromatic carbocycles. The molecule has 1 aliphatic rings. The third-order valence-corrected chi connectivity index (χ3v) is 7.28. The van der Waals surface area contributed by atoms with Crippen molar-refractivity contribution >= 4 is 40.6 Å². The standard InChI is InChI=1S/C26H22ClN5O2S/c1-15-22(24(33)30-20-7-5-4-6-8-20)23(17-9-11-19(27)12-10-17)32-25(34)21(35-26(32)29-15)13-18-14-28-31(3)16(18)2/h4-14,23H,1-3H3,(H,30,33)/b21-13+/t23-/m1/s1. The first-order valence-corrected chi connectivity index (χ1v) is 12.2. The Morgan fingerprint density at radius 1 is 1.11 bits per heavy atom. The van der Waals surface area contributed by atoms with Gasteiger partial charge in [-0.2, -0.15) is 5.10 Å². The minimum atomic E-state index is -0.649. The Labute approximate surface area is 210 Å². The van der Waals surface area contributed by atoms with Crippen LogP contribution in [0.2, 0.25) is 5.02 Å². The molecule has 35 heavy (non-hydrogen) atoms. The van der Waals surface area contributed by atoms with Gasteiger partial charge in [0.15, 0.2) is 4.80 Å². The second kappa shape index (κ2) is 9.13. The number of anilines is 1. The van der Waals surface area contributed by atoms with Crippen molar-refractivity contribution in [3.8, 4) is 0 Å². The van der Waals surface area contributed by atoms with Crippen LogP contribution in [0, 0.1) is 6.92 Å². The molecular formula is C26H22ClN5O2S. The first-order valence-electron chi connectivity index (χ1n) is 11.0. The molecule has 1 amide bonds. The fraction of sp³-hybridized carbons (Fsp3) is 0.154. The molecule has 2 aromatic heterocycles. The number of fused-ring (bicyclic) bond motifs is 1. The molecule has 0 spiro atoms. The lowest BCUT2D eigenvalue weighted by Crippen LogP contribution is -2.40. The molecule has 176 valence electrons. The van der Waals surface area contributed by atoms with Gasteiger partial charge < -0.3 is 5.32 Å². The molecule has 0 fully saturated rings. The summed E-state index contributed by atoms with van der Waals surface area (Å²) in [6, 6.07) is 15.8. The van der Waals surface area contributed by atoms with Crippen molar-refractivity contribution in [2.75, 3.05) is 5.32 Å². The summed E-state index contributed by atoms with van der Waals surface area (Å²) in [6.45, 7) is 3.74. The molecule has 1 aliphatic heterocycles. The van der Waals surface area contributed by atoms with Gasteiger partial charge in [-0.1, -0.05) is 53.3 Å². The van der Waals surface area contributed by atoms with E-state index >= 15 is 0 Å². The molecule has 9 heteroatoms. The summed E-state index contributed by atoms with van der Waals surface area (Å²) >= 11 is 7.44. The van der Waals surface area contributed by atoms with Gasteiger partial charge in [0.2, 0.25) is 0 Å². The molecule has 3 heterocycles. The van der Waals surface area contributed by atoms with E-state index in [2.05, 4.69) is 15.4 Å². The zero-order chi connectivity index (χ0) is 24.7. The number of amides is 1. The number of carbonyl (C=O) groups excluding carboxylic acids is 1. The number of allylic oxidation sites excluding steroid dienone is 1. The van der Waals surface area contributed by atoms with E-state index in [9.17, 15) is 9.59 Å². The highest BCUT2D eigenvalue weighted by molar-refractivity contribution is 7.07. The maximum atomic E-state index is 13.7. The Morgan fingerprint density at radius 3 is 2.49 bits per heavy atom. The van der Waals surface area contributed by atoms with Gasteiger partial charge in [0.25, 0.3) is 11.5 Å². The quantitative estimate of drug-likeness (QED) is 0.462. The minimum Gasteiger partial charge on any atom is -0.322 e. The maximum Gasteiger partial charge on any atom is 0.271 e. The summed E-state index contributed by atoms with van der Waals surface area (Å²) in [4.78, 5) is 32.4. The molecule has 0 radical (unpaired) electrons. The van der Waals surface area contributed by atoms with Gasteiger partial charge in [-0.05, 0) is 49.8 Å². The molecule has 1 N–H and O–H groups in total. The zero-order valence-corrected chi connectivity index (χ0v) is 20.9. The Hall–Kier alpha value is -3.75. The van der Waals surface area contributed by atoms with E-state index < -0.39 is 6.04 Å². The van der Waals surface area contributed by atoms with Gasteiger partial charge in [0, 0.05) is 29.0 Å². The first kappa shape index (κ1) is 23.0. The van der Waals surface area contributed by atoms with Crippen molar-refractivity contribution in [1.29, 1.82) is 0 Å². The number of hydrogen-bond donors (Lipinski definition) is 1. The Morgan fingerprint density at radius 2 is 1.83 bits per heavy atom. The lowest BCUT2D eigenvalue weighted by molar-refractivity contribution is -0.113. The number of aryl methyl sites for hydroxylation is 1. The van der Waals surface area contributed by atoms with Gasteiger partial charge in [-0.3, -0.25) is 18.8 Å². The van der Waals surface area contributed by atoms with Crippen molar-refractivity contribution < 1.29 is 4.79 Å². The third-order valence-electron chi connectivity index (χ3n) is 6.04. The van der Waals surface area contributed by atoms with Gasteiger partial charge in [-0.25, -0.2) is 4.99 Å². The predicted molar refractivity (Wildman–Crippen MR) is 138 cm³/mol. The largest absolute Gasteiger partial charge is 0.322 e. The fourth-order valence-corrected chi connectivity index (χ4v) is 5.25. The average molecular weight is 504 g/mol. The number of nitrogens with zero attached hydrogens (tertiary/aromatic N) is 4. The Bertz CT molecular complexity index is 1650. The SMILES string of the molecule is CC1=C(C(=O)Nc2ccccc2)[C@@H](c2ccc(Cl)cc2)n2c(s/c(=C/c3cnn(C)c3C)c2=O)=N1. The van der Waals surface area contributed by atoms with Crippen LogP contribution in [0.5, 0.6) is 0 Å². The Balaban J connectivity index is 1.69. The minimum absolute atomic E-state index is 0.213. The number of rotatable bonds is 4. The fourth-order valence-electron chi connectivity index (χ4n) is 4.09. The molecular weight excluding hydrogens is 482 g/mol. The summed E-state index contributed by atoms with van der Waals surface area (Å²) in [7, 11) is 1.86. The van der Waals surface area contributed by atoms with Crippen molar-refractivity contribution in [1.82, 2.24) is 14.3 Å². The number of hydrogen-bond acceptors (Lipinski definition) is 5. The second-order valence-electron chi connectivity index (χ2n) is 8.26. The normalized spacial score (nSPS) is 15.7. The molecule has 4 aromatic rings. The molecule has 0 saturated heterocycles. The highest BCUT2D eigenvalue weighted by atomic mass is 35.5. The average Bonchev–Trinajstić information content (AvgIpc) is 3.32. The van der Waals surface area contributed by atoms with Crippen LogP contribution in [-0.4, -0.2) is 20.3 Å². The monoisotopic (exact) mass is 503 g/mol. The number of carbonyl (C=O) groups is 1. The maximum absolute atomic E-state index is 13.7. The summed E-state index contributed by atoms with van der Waals surface area (Å²) < 4.78 is 3.88. The number of aromatic nitrogens is 3. The van der Waals surface area contributed by atoms with E-state index in [1.54, 1.807) is 34.5 Å². The number of para-hydroxylation sites is 1. The van der Waals surface area contributed by atoms with Crippen molar-refractivity contribution in [3.05, 3.63) is 114 Å². The molecule has 7 nitrogen and oxygen atoms in total. The molecule has 0 bridgehead atoms. The number of thiazole rings is 1. The number of benzene rings is 2. The number of halogens is 1. The van der Waals surface area contributed by atoms with Gasteiger partial charge in [-0.15, -0.1) is 0 Å². The van der Waals surface area contributed by atoms with Crippen LogP contribution in [-0.2, 0) is 11.8 Å². The van der Waals surface area contributed by atoms with E-state index in [-0.39, 0.29) is 11.5 Å². The van der Waals surface area contributed by atoms with E-state index in [0.717, 1.165) is 16.8 Å². The van der Waals surface area contributed by atoms with Crippen LogP contribution in [0.3, 0.4) is 0 Å². The van der Waals surface area contributed by atoms with Crippen LogP contribution in [0.25, 0.3) is 6.08 Å². The summed E-state index contributed by atoms with van der Waals surface area (Å²) in [5.41, 5.74) is 4.00. The molecule has 1 atom stereocenters. The van der Waals surface area contributed by atoms with Crippen LogP contribution < -0.4 is 20.2 Å². The molecule has 0 aliphatic carbocycles.